The van der Waals surface area contributed by atoms with E-state index in [1.54, 1.807) is 13.3 Å². The Balaban J connectivity index is 2.31. The molecule has 1 aromatic rings. The number of ether oxygens (including phenoxy) is 1. The van der Waals surface area contributed by atoms with Crippen LogP contribution in [0.15, 0.2) is 18.3 Å². The summed E-state index contributed by atoms with van der Waals surface area (Å²) in [6.07, 6.45) is 3.09. The van der Waals surface area contributed by atoms with Crippen LogP contribution < -0.4 is 10.1 Å². The fraction of sp³-hybridized carbons (Fsp3) is 0.583. The molecule has 0 aromatic carbocycles. The topological polar surface area (TPSA) is 54.4 Å². The van der Waals surface area contributed by atoms with Crippen molar-refractivity contribution in [3.05, 3.63) is 23.9 Å². The molecule has 0 saturated carbocycles. The van der Waals surface area contributed by atoms with Gasteiger partial charge in [-0.3, -0.25) is 0 Å². The number of nitrogens with zero attached hydrogens (tertiary/aromatic N) is 1. The molecule has 1 atom stereocenters. The van der Waals surface area contributed by atoms with Crippen LogP contribution in [0.2, 0.25) is 0 Å². The highest BCUT2D eigenvalue weighted by Gasteiger charge is 2.03. The molecular formula is C12H20N2O2. The van der Waals surface area contributed by atoms with Crippen LogP contribution >= 0.6 is 0 Å². The predicted molar refractivity (Wildman–Crippen MR) is 63.4 cm³/mol. The van der Waals surface area contributed by atoms with E-state index in [0.717, 1.165) is 24.9 Å². The number of pyridine rings is 1. The maximum Gasteiger partial charge on any atom is 0.217 e. The molecule has 4 nitrogen and oxygen atoms in total. The third-order valence-corrected chi connectivity index (χ3v) is 2.48. The standard InChI is InChI=1S/C12H20N2O2/c1-3-11(15)6-8-13-9-10-5-4-7-14-12(10)16-2/h4-5,7,11,13,15H,3,6,8-9H2,1-2H3. The highest BCUT2D eigenvalue weighted by atomic mass is 16.5. The van der Waals surface area contributed by atoms with Crippen molar-refractivity contribution in [2.45, 2.75) is 32.4 Å². The maximum absolute atomic E-state index is 9.38. The minimum absolute atomic E-state index is 0.205. The third-order valence-electron chi connectivity index (χ3n) is 2.48. The molecular weight excluding hydrogens is 204 g/mol. The SMILES string of the molecule is CCC(O)CCNCc1cccnc1OC. The van der Waals surface area contributed by atoms with Gasteiger partial charge in [-0.1, -0.05) is 13.0 Å². The number of aliphatic hydroxyl groups is 1. The molecule has 0 aliphatic rings. The van der Waals surface area contributed by atoms with E-state index in [4.69, 9.17) is 4.74 Å². The Morgan fingerprint density at radius 2 is 2.38 bits per heavy atom. The van der Waals surface area contributed by atoms with E-state index in [0.29, 0.717) is 12.4 Å². The molecule has 0 bridgehead atoms. The molecule has 0 fully saturated rings. The number of rotatable bonds is 7. The molecule has 0 spiro atoms. The lowest BCUT2D eigenvalue weighted by molar-refractivity contribution is 0.159. The van der Waals surface area contributed by atoms with Gasteiger partial charge in [-0.15, -0.1) is 0 Å². The monoisotopic (exact) mass is 224 g/mol. The van der Waals surface area contributed by atoms with Gasteiger partial charge in [0.2, 0.25) is 5.88 Å². The van der Waals surface area contributed by atoms with Gasteiger partial charge in [0.1, 0.15) is 0 Å². The lowest BCUT2D eigenvalue weighted by Gasteiger charge is -2.10. The first-order chi connectivity index (χ1) is 7.77. The smallest absolute Gasteiger partial charge is 0.217 e. The lowest BCUT2D eigenvalue weighted by Crippen LogP contribution is -2.20. The maximum atomic E-state index is 9.38. The number of hydrogen-bond acceptors (Lipinski definition) is 4. The largest absolute Gasteiger partial charge is 0.481 e. The normalized spacial score (nSPS) is 12.4. The Labute approximate surface area is 96.7 Å². The summed E-state index contributed by atoms with van der Waals surface area (Å²) in [5.74, 6) is 0.658. The van der Waals surface area contributed by atoms with Gasteiger partial charge in [-0.05, 0) is 25.5 Å². The Morgan fingerprint density at radius 1 is 1.56 bits per heavy atom. The van der Waals surface area contributed by atoms with E-state index in [9.17, 15) is 5.11 Å². The van der Waals surface area contributed by atoms with Crippen LogP contribution in [-0.4, -0.2) is 29.8 Å². The number of methoxy groups -OCH3 is 1. The fourth-order valence-corrected chi connectivity index (χ4v) is 1.44. The van der Waals surface area contributed by atoms with Crippen molar-refractivity contribution >= 4 is 0 Å². The molecule has 4 heteroatoms. The van der Waals surface area contributed by atoms with Crippen LogP contribution in [0, 0.1) is 0 Å². The minimum atomic E-state index is -0.205. The average molecular weight is 224 g/mol. The second kappa shape index (κ2) is 7.19. The molecule has 90 valence electrons. The first-order valence-corrected chi connectivity index (χ1v) is 5.64. The summed E-state index contributed by atoms with van der Waals surface area (Å²) in [6, 6.07) is 3.87. The molecule has 1 heterocycles. The van der Waals surface area contributed by atoms with Crippen molar-refractivity contribution in [3.63, 3.8) is 0 Å². The van der Waals surface area contributed by atoms with Crippen LogP contribution in [0.5, 0.6) is 5.88 Å². The van der Waals surface area contributed by atoms with Gasteiger partial charge in [-0.2, -0.15) is 0 Å². The highest BCUT2D eigenvalue weighted by molar-refractivity contribution is 5.24. The van der Waals surface area contributed by atoms with E-state index in [-0.39, 0.29) is 6.10 Å². The van der Waals surface area contributed by atoms with Crippen molar-refractivity contribution in [2.75, 3.05) is 13.7 Å². The summed E-state index contributed by atoms with van der Waals surface area (Å²) in [4.78, 5) is 4.12. The van der Waals surface area contributed by atoms with Crippen molar-refractivity contribution < 1.29 is 9.84 Å². The van der Waals surface area contributed by atoms with Gasteiger partial charge in [-0.25, -0.2) is 4.98 Å². The minimum Gasteiger partial charge on any atom is -0.481 e. The van der Waals surface area contributed by atoms with Gasteiger partial charge in [0.05, 0.1) is 13.2 Å². The summed E-state index contributed by atoms with van der Waals surface area (Å²) in [6.45, 7) is 3.50. The molecule has 16 heavy (non-hydrogen) atoms. The van der Waals surface area contributed by atoms with E-state index in [2.05, 4.69) is 10.3 Å². The molecule has 0 radical (unpaired) electrons. The summed E-state index contributed by atoms with van der Waals surface area (Å²) in [5.41, 5.74) is 1.04. The van der Waals surface area contributed by atoms with Crippen molar-refractivity contribution in [3.8, 4) is 5.88 Å². The molecule has 1 aromatic heterocycles. The van der Waals surface area contributed by atoms with Gasteiger partial charge < -0.3 is 15.2 Å². The zero-order valence-electron chi connectivity index (χ0n) is 9.94. The zero-order chi connectivity index (χ0) is 11.8. The van der Waals surface area contributed by atoms with Gasteiger partial charge in [0.25, 0.3) is 0 Å². The molecule has 0 amide bonds. The summed E-state index contributed by atoms with van der Waals surface area (Å²) in [5, 5.41) is 12.6. The van der Waals surface area contributed by atoms with Crippen LogP contribution in [0.4, 0.5) is 0 Å². The first kappa shape index (κ1) is 12.9. The van der Waals surface area contributed by atoms with Crippen LogP contribution in [0.25, 0.3) is 0 Å². The fourth-order valence-electron chi connectivity index (χ4n) is 1.44. The predicted octanol–water partition coefficient (Wildman–Crippen LogP) is 1.34. The average Bonchev–Trinajstić information content (AvgIpc) is 2.34. The van der Waals surface area contributed by atoms with E-state index < -0.39 is 0 Å². The lowest BCUT2D eigenvalue weighted by atomic mass is 10.2. The van der Waals surface area contributed by atoms with Crippen molar-refractivity contribution in [1.82, 2.24) is 10.3 Å². The molecule has 0 aliphatic heterocycles. The van der Waals surface area contributed by atoms with E-state index in [1.807, 2.05) is 19.1 Å². The first-order valence-electron chi connectivity index (χ1n) is 5.64. The van der Waals surface area contributed by atoms with E-state index in [1.165, 1.54) is 0 Å². The summed E-state index contributed by atoms with van der Waals surface area (Å²) in [7, 11) is 1.62. The molecule has 2 N–H and O–H groups in total. The van der Waals surface area contributed by atoms with Gasteiger partial charge in [0, 0.05) is 18.3 Å². The van der Waals surface area contributed by atoms with Crippen LogP contribution in [-0.2, 0) is 6.54 Å². The van der Waals surface area contributed by atoms with Crippen molar-refractivity contribution in [1.29, 1.82) is 0 Å². The third kappa shape index (κ3) is 4.16. The van der Waals surface area contributed by atoms with Gasteiger partial charge in [0.15, 0.2) is 0 Å². The Bertz CT molecular complexity index is 305. The van der Waals surface area contributed by atoms with Crippen LogP contribution in [0.1, 0.15) is 25.3 Å². The zero-order valence-corrected chi connectivity index (χ0v) is 9.94. The Morgan fingerprint density at radius 3 is 3.06 bits per heavy atom. The molecule has 1 unspecified atom stereocenters. The highest BCUT2D eigenvalue weighted by Crippen LogP contribution is 2.12. The Kier molecular flexibility index (Phi) is 5.82. The number of aliphatic hydroxyl groups excluding tert-OH is 1. The molecule has 0 saturated heterocycles. The second-order valence-corrected chi connectivity index (χ2v) is 3.70. The number of aromatic nitrogens is 1. The molecule has 1 rings (SSSR count). The van der Waals surface area contributed by atoms with Crippen molar-refractivity contribution in [2.24, 2.45) is 0 Å². The Hall–Kier alpha value is -1.13. The quantitative estimate of drug-likeness (QED) is 0.686. The molecule has 0 aliphatic carbocycles. The summed E-state index contributed by atoms with van der Waals surface area (Å²) >= 11 is 0. The van der Waals surface area contributed by atoms with E-state index >= 15 is 0 Å². The second-order valence-electron chi connectivity index (χ2n) is 3.70. The van der Waals surface area contributed by atoms with Gasteiger partial charge >= 0.3 is 0 Å². The summed E-state index contributed by atoms with van der Waals surface area (Å²) < 4.78 is 5.14. The number of hydrogen-bond donors (Lipinski definition) is 2. The van der Waals surface area contributed by atoms with Crippen LogP contribution in [0.3, 0.4) is 0 Å². The number of nitrogens with one attached hydrogen (secondary N) is 1.